The molecule has 1 heteroatoms. The van der Waals surface area contributed by atoms with Crippen molar-refractivity contribution < 1.29 is 4.79 Å². The molecule has 92 valence electrons. The van der Waals surface area contributed by atoms with Gasteiger partial charge in [0.15, 0.2) is 0 Å². The van der Waals surface area contributed by atoms with Crippen LogP contribution in [-0.4, -0.2) is 5.78 Å². The van der Waals surface area contributed by atoms with Gasteiger partial charge >= 0.3 is 0 Å². The first kappa shape index (κ1) is 10.5. The van der Waals surface area contributed by atoms with E-state index in [2.05, 4.69) is 37.3 Å². The molecular weight excluding hydrogens is 220 g/mol. The maximum Gasteiger partial charge on any atom is 0.138 e. The molecule has 0 aliphatic heterocycles. The molecule has 1 nitrogen and oxygen atoms in total. The molecule has 1 fully saturated rings. The van der Waals surface area contributed by atoms with Gasteiger partial charge in [-0.15, -0.1) is 0 Å². The topological polar surface area (TPSA) is 17.1 Å². The normalized spacial score (nSPS) is 36.4. The van der Waals surface area contributed by atoms with E-state index in [0.717, 1.165) is 6.42 Å². The Kier molecular flexibility index (Phi) is 1.96. The van der Waals surface area contributed by atoms with Gasteiger partial charge < -0.3 is 0 Å². The van der Waals surface area contributed by atoms with Crippen LogP contribution in [0, 0.1) is 18.8 Å². The lowest BCUT2D eigenvalue weighted by molar-refractivity contribution is -0.120. The number of hydrogen-bond acceptors (Lipinski definition) is 1. The van der Waals surface area contributed by atoms with E-state index in [-0.39, 0.29) is 5.41 Å². The second kappa shape index (κ2) is 3.34. The monoisotopic (exact) mass is 238 g/mol. The van der Waals surface area contributed by atoms with Gasteiger partial charge in [-0.1, -0.05) is 30.4 Å². The first-order valence-corrected chi connectivity index (χ1v) is 6.98. The zero-order chi connectivity index (χ0) is 12.3. The van der Waals surface area contributed by atoms with Gasteiger partial charge in [-0.05, 0) is 48.3 Å². The fourth-order valence-electron chi connectivity index (χ4n) is 4.75. The number of ketones is 1. The fourth-order valence-corrected chi connectivity index (χ4v) is 4.75. The smallest absolute Gasteiger partial charge is 0.138 e. The van der Waals surface area contributed by atoms with Gasteiger partial charge in [-0.2, -0.15) is 0 Å². The Morgan fingerprint density at radius 2 is 2.17 bits per heavy atom. The van der Waals surface area contributed by atoms with Gasteiger partial charge in [0.05, 0.1) is 0 Å². The summed E-state index contributed by atoms with van der Waals surface area (Å²) in [5.41, 5.74) is 4.35. The average Bonchev–Trinajstić information content (AvgIpc) is 2.88. The highest BCUT2D eigenvalue weighted by atomic mass is 16.1. The summed E-state index contributed by atoms with van der Waals surface area (Å²) in [7, 11) is 0. The van der Waals surface area contributed by atoms with Crippen molar-refractivity contribution in [3.8, 4) is 0 Å². The maximum absolute atomic E-state index is 12.2. The maximum atomic E-state index is 12.2. The van der Waals surface area contributed by atoms with Crippen molar-refractivity contribution in [3.63, 3.8) is 0 Å². The van der Waals surface area contributed by atoms with Crippen molar-refractivity contribution in [3.05, 3.63) is 47.0 Å². The number of Topliss-reactive ketones (excluding diaryl/α,β-unsaturated/α-hetero) is 1. The molecule has 3 atom stereocenters. The van der Waals surface area contributed by atoms with Crippen molar-refractivity contribution in [1.82, 2.24) is 0 Å². The fraction of sp³-hybridized carbons (Fsp3) is 0.471. The number of hydrogen-bond donors (Lipinski definition) is 0. The average molecular weight is 238 g/mol. The number of carbonyl (C=O) groups is 1. The molecule has 2 bridgehead atoms. The Morgan fingerprint density at radius 3 is 2.89 bits per heavy atom. The van der Waals surface area contributed by atoms with Crippen LogP contribution in [0.4, 0.5) is 0 Å². The number of aryl methyl sites for hydroxylation is 1. The molecule has 0 amide bonds. The van der Waals surface area contributed by atoms with E-state index < -0.39 is 0 Å². The first-order valence-electron chi connectivity index (χ1n) is 6.98. The summed E-state index contributed by atoms with van der Waals surface area (Å²) < 4.78 is 0. The summed E-state index contributed by atoms with van der Waals surface area (Å²) >= 11 is 0. The third kappa shape index (κ3) is 1.20. The highest BCUT2D eigenvalue weighted by molar-refractivity contribution is 5.85. The Labute approximate surface area is 108 Å². The largest absolute Gasteiger partial charge is 0.299 e. The lowest BCUT2D eigenvalue weighted by atomic mass is 9.61. The van der Waals surface area contributed by atoms with Crippen LogP contribution in [0.2, 0.25) is 0 Å². The van der Waals surface area contributed by atoms with E-state index in [1.807, 2.05) is 0 Å². The van der Waals surface area contributed by atoms with Crippen molar-refractivity contribution >= 4 is 5.78 Å². The molecule has 0 N–H and O–H groups in total. The summed E-state index contributed by atoms with van der Waals surface area (Å²) in [6.07, 6.45) is 8.63. The molecular formula is C17H18O. The SMILES string of the molecule is Cc1cccc2c1C1(CC(=O)C2)CC2C=CC1C2. The van der Waals surface area contributed by atoms with Crippen molar-refractivity contribution in [2.75, 3.05) is 0 Å². The van der Waals surface area contributed by atoms with E-state index >= 15 is 0 Å². The van der Waals surface area contributed by atoms with Gasteiger partial charge in [0.2, 0.25) is 0 Å². The number of benzene rings is 1. The van der Waals surface area contributed by atoms with Crippen LogP contribution in [0.15, 0.2) is 30.4 Å². The minimum atomic E-state index is 0.148. The third-order valence-electron chi connectivity index (χ3n) is 5.27. The quantitative estimate of drug-likeness (QED) is 0.633. The summed E-state index contributed by atoms with van der Waals surface area (Å²) in [5.74, 6) is 1.76. The predicted octanol–water partition coefficient (Wildman–Crippen LogP) is 3.34. The second-order valence-corrected chi connectivity index (χ2v) is 6.35. The van der Waals surface area contributed by atoms with Crippen LogP contribution in [0.25, 0.3) is 0 Å². The van der Waals surface area contributed by atoms with Crippen molar-refractivity contribution in [2.24, 2.45) is 11.8 Å². The van der Waals surface area contributed by atoms with E-state index in [1.54, 1.807) is 0 Å². The molecule has 0 radical (unpaired) electrons. The molecule has 1 aromatic rings. The van der Waals surface area contributed by atoms with Crippen LogP contribution >= 0.6 is 0 Å². The van der Waals surface area contributed by atoms with E-state index in [1.165, 1.54) is 29.5 Å². The summed E-state index contributed by atoms with van der Waals surface area (Å²) in [6, 6.07) is 6.48. The summed E-state index contributed by atoms with van der Waals surface area (Å²) in [5, 5.41) is 0. The van der Waals surface area contributed by atoms with Crippen LogP contribution in [0.1, 0.15) is 36.0 Å². The van der Waals surface area contributed by atoms with E-state index in [0.29, 0.717) is 24.0 Å². The minimum Gasteiger partial charge on any atom is -0.299 e. The molecule has 3 unspecified atom stereocenters. The van der Waals surface area contributed by atoms with Crippen LogP contribution in [0.5, 0.6) is 0 Å². The van der Waals surface area contributed by atoms with E-state index in [4.69, 9.17) is 0 Å². The van der Waals surface area contributed by atoms with Crippen LogP contribution < -0.4 is 0 Å². The molecule has 0 heterocycles. The van der Waals surface area contributed by atoms with Gasteiger partial charge in [-0.3, -0.25) is 4.79 Å². The molecule has 18 heavy (non-hydrogen) atoms. The number of carbonyl (C=O) groups excluding carboxylic acids is 1. The molecule has 1 spiro atoms. The van der Waals surface area contributed by atoms with Gasteiger partial charge in [0.25, 0.3) is 0 Å². The van der Waals surface area contributed by atoms with Gasteiger partial charge in [0.1, 0.15) is 5.78 Å². The Balaban J connectivity index is 1.96. The molecule has 0 aromatic heterocycles. The Hall–Kier alpha value is -1.37. The highest BCUT2D eigenvalue weighted by Gasteiger charge is 2.53. The van der Waals surface area contributed by atoms with Crippen molar-refractivity contribution in [2.45, 2.75) is 38.0 Å². The number of rotatable bonds is 0. The lowest BCUT2D eigenvalue weighted by Crippen LogP contribution is -2.39. The second-order valence-electron chi connectivity index (χ2n) is 6.35. The Morgan fingerprint density at radius 1 is 1.28 bits per heavy atom. The molecule has 1 saturated carbocycles. The standard InChI is InChI=1S/C17H18O/c1-11-3-2-4-13-8-15(18)10-17(16(11)13)9-12-5-6-14(17)7-12/h2-6,12,14H,7-10H2,1H3. The number of allylic oxidation sites excluding steroid dienone is 2. The first-order chi connectivity index (χ1) is 8.69. The molecule has 4 rings (SSSR count). The molecule has 0 saturated heterocycles. The van der Waals surface area contributed by atoms with Crippen LogP contribution in [-0.2, 0) is 16.6 Å². The summed E-state index contributed by atoms with van der Waals surface area (Å²) in [6.45, 7) is 2.21. The molecule has 1 aromatic carbocycles. The van der Waals surface area contributed by atoms with Gasteiger partial charge in [-0.25, -0.2) is 0 Å². The van der Waals surface area contributed by atoms with E-state index in [9.17, 15) is 4.79 Å². The van der Waals surface area contributed by atoms with Gasteiger partial charge in [0, 0.05) is 18.3 Å². The zero-order valence-corrected chi connectivity index (χ0v) is 10.8. The number of fused-ring (bicyclic) bond motifs is 5. The third-order valence-corrected chi connectivity index (χ3v) is 5.27. The lowest BCUT2D eigenvalue weighted by Gasteiger charge is -2.41. The summed E-state index contributed by atoms with van der Waals surface area (Å²) in [4.78, 5) is 12.2. The predicted molar refractivity (Wildman–Crippen MR) is 71.5 cm³/mol. The highest BCUT2D eigenvalue weighted by Crippen LogP contribution is 2.58. The Bertz CT molecular complexity index is 569. The van der Waals surface area contributed by atoms with Crippen LogP contribution in [0.3, 0.4) is 0 Å². The minimum absolute atomic E-state index is 0.148. The molecule has 3 aliphatic carbocycles. The molecule has 3 aliphatic rings. The zero-order valence-electron chi connectivity index (χ0n) is 10.8. The van der Waals surface area contributed by atoms with Crippen molar-refractivity contribution in [1.29, 1.82) is 0 Å².